The molecule has 2 aromatic heterocycles. The van der Waals surface area contributed by atoms with Crippen molar-refractivity contribution in [3.8, 4) is 0 Å². The van der Waals surface area contributed by atoms with Crippen molar-refractivity contribution in [2.24, 2.45) is 18.4 Å². The summed E-state index contributed by atoms with van der Waals surface area (Å²) in [6.45, 7) is 8.53. The molecule has 1 saturated heterocycles. The summed E-state index contributed by atoms with van der Waals surface area (Å²) in [5.74, 6) is 0.228. The zero-order valence-electron chi connectivity index (χ0n) is 18.7. The Kier molecular flexibility index (Phi) is 6.17. The lowest BCUT2D eigenvalue weighted by Gasteiger charge is -2.36. The third kappa shape index (κ3) is 4.83. The summed E-state index contributed by atoms with van der Waals surface area (Å²) in [4.78, 5) is 19.6. The van der Waals surface area contributed by atoms with Gasteiger partial charge >= 0.3 is 0 Å². The van der Waals surface area contributed by atoms with Crippen LogP contribution in [0.3, 0.4) is 0 Å². The number of nitrogens with one attached hydrogen (secondary N) is 1. The first-order chi connectivity index (χ1) is 14.7. The monoisotopic (exact) mass is 442 g/mol. The predicted octanol–water partition coefficient (Wildman–Crippen LogP) is 4.89. The number of carbonyl (C=O) groups is 1. The van der Waals surface area contributed by atoms with Gasteiger partial charge in [-0.05, 0) is 55.6 Å². The van der Waals surface area contributed by atoms with E-state index in [1.54, 1.807) is 17.4 Å². The Morgan fingerprint density at radius 2 is 2.06 bits per heavy atom. The zero-order chi connectivity index (χ0) is 22.2. The van der Waals surface area contributed by atoms with Crippen LogP contribution < -0.4 is 5.32 Å². The van der Waals surface area contributed by atoms with Gasteiger partial charge in [-0.25, -0.2) is 9.37 Å². The van der Waals surface area contributed by atoms with Gasteiger partial charge in [-0.1, -0.05) is 20.8 Å². The van der Waals surface area contributed by atoms with Gasteiger partial charge in [0.1, 0.15) is 10.8 Å². The van der Waals surface area contributed by atoms with Crippen LogP contribution in [0, 0.1) is 17.2 Å². The smallest absolute Gasteiger partial charge is 0.225 e. The highest BCUT2D eigenvalue weighted by Crippen LogP contribution is 2.34. The van der Waals surface area contributed by atoms with Gasteiger partial charge in [0, 0.05) is 47.7 Å². The first kappa shape index (κ1) is 22.0. The van der Waals surface area contributed by atoms with E-state index in [9.17, 15) is 9.18 Å². The van der Waals surface area contributed by atoms with Gasteiger partial charge in [-0.2, -0.15) is 0 Å². The number of nitrogens with zero attached hydrogens (tertiary/aromatic N) is 3. The first-order valence-corrected chi connectivity index (χ1v) is 11.8. The van der Waals surface area contributed by atoms with Gasteiger partial charge < -0.3 is 9.88 Å². The molecule has 0 spiro atoms. The SMILES string of the molecule is Cn1cc(CN2CCC([C@H](NC(=O)C(C)(C)C)c3nccs3)CC2)c2cc(F)ccc21. The number of aryl methyl sites for hydroxylation is 1. The van der Waals surface area contributed by atoms with Crippen molar-refractivity contribution in [2.45, 2.75) is 46.2 Å². The van der Waals surface area contributed by atoms with E-state index < -0.39 is 5.41 Å². The summed E-state index contributed by atoms with van der Waals surface area (Å²) < 4.78 is 15.9. The molecule has 5 nitrogen and oxygen atoms in total. The molecule has 1 fully saturated rings. The molecule has 1 aliphatic rings. The Balaban J connectivity index is 1.44. The molecule has 0 bridgehead atoms. The van der Waals surface area contributed by atoms with Gasteiger partial charge in [0.25, 0.3) is 0 Å². The molecule has 0 aliphatic carbocycles. The van der Waals surface area contributed by atoms with Crippen molar-refractivity contribution in [3.05, 3.63) is 52.4 Å². The van der Waals surface area contributed by atoms with Crippen molar-refractivity contribution >= 4 is 28.1 Å². The zero-order valence-corrected chi connectivity index (χ0v) is 19.5. The summed E-state index contributed by atoms with van der Waals surface area (Å²) in [6, 6.07) is 4.96. The normalized spacial score (nSPS) is 17.2. The number of rotatable bonds is 5. The lowest BCUT2D eigenvalue weighted by molar-refractivity contribution is -0.129. The van der Waals surface area contributed by atoms with E-state index in [1.165, 1.54) is 6.07 Å². The number of hydrogen-bond donors (Lipinski definition) is 1. The Morgan fingerprint density at radius 1 is 1.32 bits per heavy atom. The molecule has 166 valence electrons. The van der Waals surface area contributed by atoms with Gasteiger partial charge in [0.05, 0.1) is 6.04 Å². The van der Waals surface area contributed by atoms with Crippen LogP contribution in [0.25, 0.3) is 10.9 Å². The van der Waals surface area contributed by atoms with Crippen molar-refractivity contribution in [1.29, 1.82) is 0 Å². The number of halogens is 1. The average molecular weight is 443 g/mol. The number of piperidine rings is 1. The number of aromatic nitrogens is 2. The standard InChI is InChI=1S/C24H31FN4OS/c1-24(2,3)23(30)27-21(22-26-9-12-31-22)16-7-10-29(11-8-16)15-17-14-28(4)20-6-5-18(25)13-19(17)20/h5-6,9,12-14,16,21H,7-8,10-11,15H2,1-4H3,(H,27,30)/t21-/m0/s1. The Morgan fingerprint density at radius 3 is 2.71 bits per heavy atom. The van der Waals surface area contributed by atoms with E-state index in [4.69, 9.17) is 0 Å². The second kappa shape index (κ2) is 8.71. The molecule has 4 rings (SSSR count). The fourth-order valence-corrected chi connectivity index (χ4v) is 5.17. The van der Waals surface area contributed by atoms with Crippen LogP contribution in [-0.2, 0) is 18.4 Å². The van der Waals surface area contributed by atoms with Crippen LogP contribution in [0.15, 0.2) is 36.0 Å². The van der Waals surface area contributed by atoms with Crippen LogP contribution >= 0.6 is 11.3 Å². The molecule has 1 aromatic carbocycles. The fourth-order valence-electron chi connectivity index (χ4n) is 4.38. The molecule has 1 N–H and O–H groups in total. The maximum atomic E-state index is 13.8. The van der Waals surface area contributed by atoms with E-state index in [1.807, 2.05) is 45.5 Å². The molecular weight excluding hydrogens is 411 g/mol. The van der Waals surface area contributed by atoms with Crippen LogP contribution in [0.4, 0.5) is 4.39 Å². The van der Waals surface area contributed by atoms with Crippen LogP contribution in [-0.4, -0.2) is 33.4 Å². The molecule has 31 heavy (non-hydrogen) atoms. The molecule has 3 aromatic rings. The van der Waals surface area contributed by atoms with Crippen LogP contribution in [0.1, 0.15) is 50.2 Å². The number of hydrogen-bond acceptors (Lipinski definition) is 4. The highest BCUT2D eigenvalue weighted by Gasteiger charge is 2.33. The molecule has 1 amide bonds. The molecule has 1 atom stereocenters. The second-order valence-corrected chi connectivity index (χ2v) is 10.5. The Bertz CT molecular complexity index is 1050. The third-order valence-electron chi connectivity index (χ3n) is 6.22. The minimum absolute atomic E-state index is 0.0412. The second-order valence-electron chi connectivity index (χ2n) is 9.61. The lowest BCUT2D eigenvalue weighted by atomic mass is 9.87. The summed E-state index contributed by atoms with van der Waals surface area (Å²) in [6.07, 6.45) is 5.91. The van der Waals surface area contributed by atoms with E-state index >= 15 is 0 Å². The van der Waals surface area contributed by atoms with Crippen LogP contribution in [0.5, 0.6) is 0 Å². The van der Waals surface area contributed by atoms with E-state index in [2.05, 4.69) is 26.0 Å². The number of fused-ring (bicyclic) bond motifs is 1. The minimum atomic E-state index is -0.431. The lowest BCUT2D eigenvalue weighted by Crippen LogP contribution is -2.43. The maximum Gasteiger partial charge on any atom is 0.225 e. The molecule has 7 heteroatoms. The summed E-state index contributed by atoms with van der Waals surface area (Å²) in [5, 5.41) is 7.22. The molecular formula is C24H31FN4OS. The first-order valence-electron chi connectivity index (χ1n) is 10.9. The van der Waals surface area contributed by atoms with Crippen LogP contribution in [0.2, 0.25) is 0 Å². The largest absolute Gasteiger partial charge is 0.350 e. The third-order valence-corrected chi connectivity index (χ3v) is 7.08. The highest BCUT2D eigenvalue weighted by molar-refractivity contribution is 7.09. The van der Waals surface area contributed by atoms with Crippen molar-refractivity contribution in [1.82, 2.24) is 19.8 Å². The molecule has 3 heterocycles. The number of thiazole rings is 1. The predicted molar refractivity (Wildman–Crippen MR) is 123 cm³/mol. The van der Waals surface area contributed by atoms with E-state index in [0.29, 0.717) is 5.92 Å². The number of amides is 1. The van der Waals surface area contributed by atoms with E-state index in [-0.39, 0.29) is 17.8 Å². The number of likely N-dealkylation sites (tertiary alicyclic amines) is 1. The fraction of sp³-hybridized carbons (Fsp3) is 0.500. The van der Waals surface area contributed by atoms with Gasteiger partial charge in [0.2, 0.25) is 5.91 Å². The van der Waals surface area contributed by atoms with Gasteiger partial charge in [-0.3, -0.25) is 9.69 Å². The van der Waals surface area contributed by atoms with E-state index in [0.717, 1.165) is 53.9 Å². The molecule has 0 radical (unpaired) electrons. The summed E-state index contributed by atoms with van der Waals surface area (Å²) in [7, 11) is 2.01. The molecule has 0 saturated carbocycles. The molecule has 1 aliphatic heterocycles. The van der Waals surface area contributed by atoms with Gasteiger partial charge in [-0.15, -0.1) is 11.3 Å². The average Bonchev–Trinajstić information content (AvgIpc) is 3.35. The minimum Gasteiger partial charge on any atom is -0.350 e. The maximum absolute atomic E-state index is 13.8. The summed E-state index contributed by atoms with van der Waals surface area (Å²) >= 11 is 1.61. The Hall–Kier alpha value is -2.25. The summed E-state index contributed by atoms with van der Waals surface area (Å²) in [5.41, 5.74) is 1.79. The highest BCUT2D eigenvalue weighted by atomic mass is 32.1. The number of carbonyl (C=O) groups excluding carboxylic acids is 1. The topological polar surface area (TPSA) is 50.2 Å². The van der Waals surface area contributed by atoms with Crippen molar-refractivity contribution < 1.29 is 9.18 Å². The van der Waals surface area contributed by atoms with Gasteiger partial charge in [0.15, 0.2) is 0 Å². The van der Waals surface area contributed by atoms with Crippen molar-refractivity contribution in [2.75, 3.05) is 13.1 Å². The number of benzene rings is 1. The Labute approximate surface area is 187 Å². The van der Waals surface area contributed by atoms with Crippen molar-refractivity contribution in [3.63, 3.8) is 0 Å². The quantitative estimate of drug-likeness (QED) is 0.612. The molecule has 0 unspecified atom stereocenters.